The van der Waals surface area contributed by atoms with Gasteiger partial charge in [-0.3, -0.25) is 4.90 Å². The summed E-state index contributed by atoms with van der Waals surface area (Å²) in [5, 5.41) is 0. The fraction of sp³-hybridized carbons (Fsp3) is 0.467. The summed E-state index contributed by atoms with van der Waals surface area (Å²) in [4.78, 5) is 2.62. The van der Waals surface area contributed by atoms with Crippen molar-refractivity contribution in [1.29, 1.82) is 0 Å². The van der Waals surface area contributed by atoms with Crippen LogP contribution in [0.1, 0.15) is 11.1 Å². The molecule has 116 valence electrons. The van der Waals surface area contributed by atoms with Crippen molar-refractivity contribution in [3.63, 3.8) is 0 Å². The molecule has 1 aliphatic rings. The number of hydrogen-bond acceptors (Lipinski definition) is 3. The minimum Gasteiger partial charge on any atom is -0.297 e. The van der Waals surface area contributed by atoms with Crippen molar-refractivity contribution in [3.05, 3.63) is 40.9 Å². The lowest BCUT2D eigenvalue weighted by Crippen LogP contribution is -2.48. The van der Waals surface area contributed by atoms with Gasteiger partial charge in [0.15, 0.2) is 0 Å². The zero-order valence-corrected chi connectivity index (χ0v) is 14.0. The number of halogens is 1. The van der Waals surface area contributed by atoms with E-state index in [1.54, 1.807) is 10.4 Å². The second-order valence-corrected chi connectivity index (χ2v) is 7.49. The topological polar surface area (TPSA) is 40.6 Å². The van der Waals surface area contributed by atoms with E-state index in [1.165, 1.54) is 5.54 Å². The largest absolute Gasteiger partial charge is 0.297 e. The summed E-state index contributed by atoms with van der Waals surface area (Å²) in [5.41, 5.74) is 3.26. The van der Waals surface area contributed by atoms with Crippen molar-refractivity contribution in [2.75, 3.05) is 32.7 Å². The van der Waals surface area contributed by atoms with E-state index in [1.807, 2.05) is 32.1 Å². The first-order valence-corrected chi connectivity index (χ1v) is 8.88. The highest BCUT2D eigenvalue weighted by molar-refractivity contribution is 7.89. The third-order valence-electron chi connectivity index (χ3n) is 3.75. The van der Waals surface area contributed by atoms with Crippen molar-refractivity contribution in [2.45, 2.75) is 18.7 Å². The van der Waals surface area contributed by atoms with Crippen molar-refractivity contribution in [1.82, 2.24) is 9.21 Å². The lowest BCUT2D eigenvalue weighted by molar-refractivity contribution is 0.204. The minimum atomic E-state index is -3.40. The van der Waals surface area contributed by atoms with Gasteiger partial charge in [-0.25, -0.2) is 8.42 Å². The molecule has 0 amide bonds. The molecule has 21 heavy (non-hydrogen) atoms. The molecular formula is C15H21ClN2O2S. The van der Waals surface area contributed by atoms with E-state index in [4.69, 9.17) is 11.6 Å². The van der Waals surface area contributed by atoms with E-state index >= 15 is 0 Å². The highest BCUT2D eigenvalue weighted by atomic mass is 35.5. The van der Waals surface area contributed by atoms with Crippen LogP contribution in [0.15, 0.2) is 34.7 Å². The quantitative estimate of drug-likeness (QED) is 0.852. The molecule has 1 heterocycles. The summed E-state index contributed by atoms with van der Waals surface area (Å²) in [7, 11) is -3.40. The number of aryl methyl sites for hydroxylation is 2. The monoisotopic (exact) mass is 328 g/mol. The molecule has 0 bridgehead atoms. The van der Waals surface area contributed by atoms with Crippen LogP contribution in [0.3, 0.4) is 0 Å². The summed E-state index contributed by atoms with van der Waals surface area (Å²) >= 11 is 5.52. The summed E-state index contributed by atoms with van der Waals surface area (Å²) in [6.45, 7) is 7.01. The first kappa shape index (κ1) is 16.5. The number of nitrogens with zero attached hydrogens (tertiary/aromatic N) is 2. The third kappa shape index (κ3) is 3.86. The Morgan fingerprint density at radius 2 is 1.86 bits per heavy atom. The van der Waals surface area contributed by atoms with Gasteiger partial charge < -0.3 is 0 Å². The van der Waals surface area contributed by atoms with Gasteiger partial charge >= 0.3 is 0 Å². The second-order valence-electron chi connectivity index (χ2n) is 5.34. The predicted octanol–water partition coefficient (Wildman–Crippen LogP) is 2.36. The molecule has 0 unspecified atom stereocenters. The Morgan fingerprint density at radius 1 is 1.19 bits per heavy atom. The molecule has 1 saturated heterocycles. The Balaban J connectivity index is 2.13. The lowest BCUT2D eigenvalue weighted by Gasteiger charge is -2.33. The van der Waals surface area contributed by atoms with Crippen molar-refractivity contribution >= 4 is 21.6 Å². The van der Waals surface area contributed by atoms with Crippen LogP contribution in [0.25, 0.3) is 0 Å². The molecule has 0 saturated carbocycles. The fourth-order valence-corrected chi connectivity index (χ4v) is 4.28. The SMILES string of the molecule is Cc1ccc(C)c(S(=O)(=O)N2CCN(C/C=C/Cl)CC2)c1. The molecule has 4 nitrogen and oxygen atoms in total. The van der Waals surface area contributed by atoms with Crippen LogP contribution in [0.5, 0.6) is 0 Å². The molecule has 1 aromatic rings. The van der Waals surface area contributed by atoms with Gasteiger partial charge in [0.05, 0.1) is 4.90 Å². The Labute approximate surface area is 132 Å². The maximum atomic E-state index is 12.8. The lowest BCUT2D eigenvalue weighted by atomic mass is 10.2. The molecule has 0 atom stereocenters. The molecule has 0 aliphatic carbocycles. The molecule has 1 fully saturated rings. The summed E-state index contributed by atoms with van der Waals surface area (Å²) in [5.74, 6) is 0. The van der Waals surface area contributed by atoms with Crippen molar-refractivity contribution < 1.29 is 8.42 Å². The maximum Gasteiger partial charge on any atom is 0.243 e. The van der Waals surface area contributed by atoms with Gasteiger partial charge in [-0.15, -0.1) is 0 Å². The van der Waals surface area contributed by atoms with Crippen LogP contribution < -0.4 is 0 Å². The number of piperazine rings is 1. The van der Waals surface area contributed by atoms with Gasteiger partial charge in [-0.05, 0) is 31.0 Å². The van der Waals surface area contributed by atoms with Gasteiger partial charge in [-0.2, -0.15) is 4.31 Å². The Hall–Kier alpha value is -0.880. The molecule has 1 aromatic carbocycles. The van der Waals surface area contributed by atoms with Crippen molar-refractivity contribution in [2.24, 2.45) is 0 Å². The van der Waals surface area contributed by atoms with E-state index in [-0.39, 0.29) is 0 Å². The summed E-state index contributed by atoms with van der Waals surface area (Å²) in [6.07, 6.45) is 1.87. The van der Waals surface area contributed by atoms with Gasteiger partial charge in [0.25, 0.3) is 0 Å². The zero-order chi connectivity index (χ0) is 15.5. The Bertz CT molecular complexity index is 621. The van der Waals surface area contributed by atoms with Gasteiger partial charge in [-0.1, -0.05) is 29.8 Å². The van der Waals surface area contributed by atoms with Crippen LogP contribution in [0, 0.1) is 13.8 Å². The average molecular weight is 329 g/mol. The van der Waals surface area contributed by atoms with E-state index in [0.29, 0.717) is 18.0 Å². The molecule has 2 rings (SSSR count). The number of hydrogen-bond donors (Lipinski definition) is 0. The number of sulfonamides is 1. The van der Waals surface area contributed by atoms with Crippen molar-refractivity contribution in [3.8, 4) is 0 Å². The molecule has 0 radical (unpaired) electrons. The van der Waals surface area contributed by atoms with E-state index in [9.17, 15) is 8.42 Å². The van der Waals surface area contributed by atoms with Crippen LogP contribution in [-0.2, 0) is 10.0 Å². The van der Waals surface area contributed by atoms with Crippen LogP contribution in [-0.4, -0.2) is 50.3 Å². The van der Waals surface area contributed by atoms with Crippen LogP contribution in [0.4, 0.5) is 0 Å². The fourth-order valence-electron chi connectivity index (χ4n) is 2.47. The highest BCUT2D eigenvalue weighted by Crippen LogP contribution is 2.22. The average Bonchev–Trinajstić information content (AvgIpc) is 2.48. The maximum absolute atomic E-state index is 12.8. The normalized spacial score (nSPS) is 18.4. The number of rotatable bonds is 4. The summed E-state index contributed by atoms with van der Waals surface area (Å²) in [6, 6.07) is 5.56. The third-order valence-corrected chi connectivity index (χ3v) is 5.96. The highest BCUT2D eigenvalue weighted by Gasteiger charge is 2.29. The van der Waals surface area contributed by atoms with E-state index in [0.717, 1.165) is 30.8 Å². The standard InChI is InChI=1S/C15H21ClN2O2S/c1-13-4-5-14(2)15(12-13)21(19,20)18-10-8-17(9-11-18)7-3-6-16/h3-6,12H,7-11H2,1-2H3/b6-3+. The van der Waals surface area contributed by atoms with Gasteiger partial charge in [0.2, 0.25) is 10.0 Å². The molecular weight excluding hydrogens is 308 g/mol. The molecule has 0 aromatic heterocycles. The molecule has 0 spiro atoms. The smallest absolute Gasteiger partial charge is 0.243 e. The number of benzene rings is 1. The Kier molecular flexibility index (Phi) is 5.43. The van der Waals surface area contributed by atoms with Gasteiger partial charge in [0.1, 0.15) is 0 Å². The van der Waals surface area contributed by atoms with E-state index < -0.39 is 10.0 Å². The molecule has 6 heteroatoms. The first-order valence-electron chi connectivity index (χ1n) is 7.00. The summed E-state index contributed by atoms with van der Waals surface area (Å²) < 4.78 is 27.1. The Morgan fingerprint density at radius 3 is 2.48 bits per heavy atom. The first-order chi connectivity index (χ1) is 9.95. The van der Waals surface area contributed by atoms with Gasteiger partial charge in [0, 0.05) is 38.3 Å². The predicted molar refractivity (Wildman–Crippen MR) is 86.1 cm³/mol. The van der Waals surface area contributed by atoms with Crippen LogP contribution in [0.2, 0.25) is 0 Å². The van der Waals surface area contributed by atoms with Crippen LogP contribution >= 0.6 is 11.6 Å². The second kappa shape index (κ2) is 6.92. The zero-order valence-electron chi connectivity index (χ0n) is 12.4. The molecule has 0 N–H and O–H groups in total. The van der Waals surface area contributed by atoms with E-state index in [2.05, 4.69) is 4.90 Å². The minimum absolute atomic E-state index is 0.427. The molecule has 1 aliphatic heterocycles.